The van der Waals surface area contributed by atoms with E-state index in [9.17, 15) is 0 Å². The fourth-order valence-corrected chi connectivity index (χ4v) is 1.59. The molecule has 6 nitrogen and oxygen atoms in total. The van der Waals surface area contributed by atoms with Gasteiger partial charge in [0.15, 0.2) is 0 Å². The number of aromatic nitrogens is 3. The number of anilines is 2. The van der Waals surface area contributed by atoms with Crippen LogP contribution in [0.25, 0.3) is 0 Å². The maximum atomic E-state index is 5.51. The number of nitrogens with zero attached hydrogens (tertiary/aromatic N) is 3. The first-order valence-corrected chi connectivity index (χ1v) is 6.55. The lowest BCUT2D eigenvalue weighted by atomic mass is 10.2. The minimum atomic E-state index is 0.0177. The Balaban J connectivity index is 2.10. The molecular weight excluding hydrogens is 254 g/mol. The highest BCUT2D eigenvalue weighted by Crippen LogP contribution is 2.13. The van der Waals surface area contributed by atoms with E-state index >= 15 is 0 Å². The fraction of sp³-hybridized carbons (Fsp3) is 0.357. The van der Waals surface area contributed by atoms with Crippen molar-refractivity contribution in [1.29, 1.82) is 0 Å². The average molecular weight is 273 g/mol. The average Bonchev–Trinajstić information content (AvgIpc) is 2.45. The van der Waals surface area contributed by atoms with Gasteiger partial charge in [0.25, 0.3) is 0 Å². The van der Waals surface area contributed by atoms with Crippen LogP contribution in [0.2, 0.25) is 0 Å². The van der Waals surface area contributed by atoms with E-state index in [-0.39, 0.29) is 6.10 Å². The quantitative estimate of drug-likeness (QED) is 0.841. The highest BCUT2D eigenvalue weighted by atomic mass is 16.5. The fourth-order valence-electron chi connectivity index (χ4n) is 1.59. The van der Waals surface area contributed by atoms with Crippen molar-refractivity contribution < 1.29 is 4.74 Å². The first kappa shape index (κ1) is 14.0. The van der Waals surface area contributed by atoms with Crippen LogP contribution < -0.4 is 15.4 Å². The molecule has 2 N–H and O–H groups in total. The number of benzene rings is 1. The minimum Gasteiger partial charge on any atom is -0.461 e. The number of nitrogens with one attached hydrogen (secondary N) is 2. The lowest BCUT2D eigenvalue weighted by Gasteiger charge is -2.11. The summed E-state index contributed by atoms with van der Waals surface area (Å²) in [5.41, 5.74) is 1.16. The summed E-state index contributed by atoms with van der Waals surface area (Å²) in [6.07, 6.45) is 0.0177. The molecule has 0 spiro atoms. The third-order valence-corrected chi connectivity index (χ3v) is 2.47. The van der Waals surface area contributed by atoms with Crippen LogP contribution in [0.4, 0.5) is 11.9 Å². The van der Waals surface area contributed by atoms with Gasteiger partial charge in [-0.15, -0.1) is 0 Å². The molecule has 0 atom stereocenters. The van der Waals surface area contributed by atoms with Crippen LogP contribution in [0, 0.1) is 0 Å². The Morgan fingerprint density at radius 1 is 1.05 bits per heavy atom. The Kier molecular flexibility index (Phi) is 4.70. The number of rotatable bonds is 6. The van der Waals surface area contributed by atoms with Crippen LogP contribution in [0.3, 0.4) is 0 Å². The maximum Gasteiger partial charge on any atom is 0.323 e. The van der Waals surface area contributed by atoms with Crippen molar-refractivity contribution in [3.8, 4) is 6.01 Å². The third kappa shape index (κ3) is 4.08. The van der Waals surface area contributed by atoms with Gasteiger partial charge in [0, 0.05) is 13.6 Å². The van der Waals surface area contributed by atoms with E-state index < -0.39 is 0 Å². The van der Waals surface area contributed by atoms with Gasteiger partial charge in [-0.1, -0.05) is 30.3 Å². The molecule has 20 heavy (non-hydrogen) atoms. The molecule has 1 aromatic heterocycles. The highest BCUT2D eigenvalue weighted by molar-refractivity contribution is 5.36. The molecule has 1 heterocycles. The Bertz CT molecular complexity index is 545. The van der Waals surface area contributed by atoms with Gasteiger partial charge in [-0.3, -0.25) is 0 Å². The first-order chi connectivity index (χ1) is 9.67. The van der Waals surface area contributed by atoms with Crippen molar-refractivity contribution >= 4 is 11.9 Å². The molecule has 0 saturated heterocycles. The number of hydrogen-bond acceptors (Lipinski definition) is 6. The molecular formula is C14H19N5O. The molecule has 0 unspecified atom stereocenters. The van der Waals surface area contributed by atoms with Gasteiger partial charge in [0.05, 0.1) is 6.10 Å². The normalized spacial score (nSPS) is 10.4. The van der Waals surface area contributed by atoms with E-state index in [0.717, 1.165) is 5.56 Å². The zero-order valence-corrected chi connectivity index (χ0v) is 11.9. The van der Waals surface area contributed by atoms with Crippen LogP contribution in [0.1, 0.15) is 19.4 Å². The molecule has 0 aliphatic heterocycles. The molecule has 0 radical (unpaired) electrons. The lowest BCUT2D eigenvalue weighted by molar-refractivity contribution is 0.222. The van der Waals surface area contributed by atoms with Crippen LogP contribution in [0.15, 0.2) is 30.3 Å². The zero-order chi connectivity index (χ0) is 14.4. The van der Waals surface area contributed by atoms with E-state index in [1.165, 1.54) is 0 Å². The standard InChI is InChI=1S/C14H19N5O/c1-10(2)20-14-18-12(15-3)17-13(19-14)16-9-11-7-5-4-6-8-11/h4-8,10H,9H2,1-3H3,(H2,15,16,17,18,19). The number of hydrogen-bond donors (Lipinski definition) is 2. The van der Waals surface area contributed by atoms with Crippen LogP contribution in [-0.2, 0) is 6.54 Å². The predicted molar refractivity (Wildman–Crippen MR) is 78.9 cm³/mol. The van der Waals surface area contributed by atoms with Crippen LogP contribution in [0.5, 0.6) is 6.01 Å². The second kappa shape index (κ2) is 6.70. The Morgan fingerprint density at radius 2 is 1.75 bits per heavy atom. The third-order valence-electron chi connectivity index (χ3n) is 2.47. The monoisotopic (exact) mass is 273 g/mol. The largest absolute Gasteiger partial charge is 0.461 e. The molecule has 2 aromatic rings. The summed E-state index contributed by atoms with van der Waals surface area (Å²) in [6.45, 7) is 4.51. The van der Waals surface area contributed by atoms with Gasteiger partial charge < -0.3 is 15.4 Å². The van der Waals surface area contributed by atoms with Gasteiger partial charge in [-0.25, -0.2) is 0 Å². The SMILES string of the molecule is CNc1nc(NCc2ccccc2)nc(OC(C)C)n1. The second-order valence-electron chi connectivity index (χ2n) is 4.52. The summed E-state index contributed by atoms with van der Waals surface area (Å²) in [6, 6.07) is 10.4. The number of ether oxygens (including phenoxy) is 1. The highest BCUT2D eigenvalue weighted by Gasteiger charge is 2.08. The van der Waals surface area contributed by atoms with Crippen molar-refractivity contribution in [3.05, 3.63) is 35.9 Å². The van der Waals surface area contributed by atoms with E-state index in [1.54, 1.807) is 7.05 Å². The second-order valence-corrected chi connectivity index (χ2v) is 4.52. The maximum absolute atomic E-state index is 5.51. The molecule has 106 valence electrons. The van der Waals surface area contributed by atoms with Gasteiger partial charge in [0.1, 0.15) is 0 Å². The summed E-state index contributed by atoms with van der Waals surface area (Å²) in [5.74, 6) is 0.968. The smallest absolute Gasteiger partial charge is 0.323 e. The molecule has 2 rings (SSSR count). The van der Waals surface area contributed by atoms with Gasteiger partial charge in [-0.2, -0.15) is 15.0 Å². The molecule has 6 heteroatoms. The summed E-state index contributed by atoms with van der Waals surface area (Å²) in [5, 5.41) is 6.06. The summed E-state index contributed by atoms with van der Waals surface area (Å²) < 4.78 is 5.51. The Hall–Kier alpha value is -2.37. The molecule has 0 fully saturated rings. The first-order valence-electron chi connectivity index (χ1n) is 6.55. The van der Waals surface area contributed by atoms with Crippen LogP contribution in [-0.4, -0.2) is 28.1 Å². The predicted octanol–water partition coefficient (Wildman–Crippen LogP) is 2.31. The summed E-state index contributed by atoms with van der Waals surface area (Å²) in [4.78, 5) is 12.6. The van der Waals surface area contributed by atoms with Gasteiger partial charge >= 0.3 is 6.01 Å². The summed E-state index contributed by atoms with van der Waals surface area (Å²) in [7, 11) is 1.76. The molecule has 0 bridgehead atoms. The van der Waals surface area contributed by atoms with Crippen molar-refractivity contribution in [1.82, 2.24) is 15.0 Å². The molecule has 1 aromatic carbocycles. The minimum absolute atomic E-state index is 0.0177. The molecule has 0 saturated carbocycles. The van der Waals surface area contributed by atoms with E-state index in [2.05, 4.69) is 25.6 Å². The zero-order valence-electron chi connectivity index (χ0n) is 11.9. The van der Waals surface area contributed by atoms with Crippen molar-refractivity contribution in [2.45, 2.75) is 26.5 Å². The topological polar surface area (TPSA) is 72.0 Å². The van der Waals surface area contributed by atoms with Crippen molar-refractivity contribution in [2.24, 2.45) is 0 Å². The Morgan fingerprint density at radius 3 is 2.40 bits per heavy atom. The lowest BCUT2D eigenvalue weighted by Crippen LogP contribution is -2.13. The van der Waals surface area contributed by atoms with Gasteiger partial charge in [-0.05, 0) is 19.4 Å². The molecule has 0 aliphatic carbocycles. The molecule has 0 aliphatic rings. The van der Waals surface area contributed by atoms with E-state index in [4.69, 9.17) is 4.74 Å². The van der Waals surface area contributed by atoms with E-state index in [1.807, 2.05) is 44.2 Å². The Labute approximate surface area is 118 Å². The van der Waals surface area contributed by atoms with Crippen molar-refractivity contribution in [3.63, 3.8) is 0 Å². The van der Waals surface area contributed by atoms with Crippen molar-refractivity contribution in [2.75, 3.05) is 17.7 Å². The van der Waals surface area contributed by atoms with E-state index in [0.29, 0.717) is 24.5 Å². The summed E-state index contributed by atoms with van der Waals surface area (Å²) >= 11 is 0. The molecule has 0 amide bonds. The van der Waals surface area contributed by atoms with Crippen LogP contribution >= 0.6 is 0 Å². The van der Waals surface area contributed by atoms with Gasteiger partial charge in [0.2, 0.25) is 11.9 Å².